The summed E-state index contributed by atoms with van der Waals surface area (Å²) < 4.78 is 5.51. The fourth-order valence-corrected chi connectivity index (χ4v) is 2.77. The van der Waals surface area contributed by atoms with Crippen molar-refractivity contribution >= 4 is 40.9 Å². The van der Waals surface area contributed by atoms with Crippen molar-refractivity contribution in [3.8, 4) is 11.8 Å². The topological polar surface area (TPSA) is 62.1 Å². The maximum atomic E-state index is 12.3. The van der Waals surface area contributed by atoms with Crippen LogP contribution in [0.3, 0.4) is 0 Å². The normalized spacial score (nSPS) is 11.0. The van der Waals surface area contributed by atoms with E-state index in [0.29, 0.717) is 33.7 Å². The Balaban J connectivity index is 2.23. The van der Waals surface area contributed by atoms with Crippen LogP contribution in [-0.4, -0.2) is 12.5 Å². The monoisotopic (exact) mass is 388 g/mol. The van der Waals surface area contributed by atoms with Gasteiger partial charge in [-0.05, 0) is 49.2 Å². The predicted molar refractivity (Wildman–Crippen MR) is 106 cm³/mol. The SMILES string of the molecule is CCCOc1c(Cl)cc(/C=C(\C#N)C(=O)Nc2ccc(C)cc2)cc1Cl. The molecule has 4 nitrogen and oxygen atoms in total. The van der Waals surface area contributed by atoms with Crippen molar-refractivity contribution in [2.75, 3.05) is 11.9 Å². The van der Waals surface area contributed by atoms with Crippen LogP contribution in [0.5, 0.6) is 5.75 Å². The Bertz CT molecular complexity index is 845. The Labute approximate surface area is 163 Å². The number of nitriles is 1. The van der Waals surface area contributed by atoms with Crippen LogP contribution < -0.4 is 10.1 Å². The lowest BCUT2D eigenvalue weighted by Gasteiger charge is -2.10. The molecule has 0 aliphatic carbocycles. The van der Waals surface area contributed by atoms with E-state index < -0.39 is 5.91 Å². The van der Waals surface area contributed by atoms with Gasteiger partial charge < -0.3 is 10.1 Å². The van der Waals surface area contributed by atoms with E-state index in [1.165, 1.54) is 6.08 Å². The highest BCUT2D eigenvalue weighted by Gasteiger charge is 2.13. The summed E-state index contributed by atoms with van der Waals surface area (Å²) in [6.45, 7) is 4.43. The molecule has 0 saturated carbocycles. The molecule has 0 heterocycles. The standard InChI is InChI=1S/C20H18Cl2N2O2/c1-3-8-26-19-17(21)10-14(11-18(19)22)9-15(12-23)20(25)24-16-6-4-13(2)5-7-16/h4-7,9-11H,3,8H2,1-2H3,(H,24,25)/b15-9+. The number of carbonyl (C=O) groups is 1. The van der Waals surface area contributed by atoms with Gasteiger partial charge in [0.15, 0.2) is 5.75 Å². The summed E-state index contributed by atoms with van der Waals surface area (Å²) in [5.74, 6) is -0.107. The molecule has 26 heavy (non-hydrogen) atoms. The Morgan fingerprint density at radius 2 is 1.85 bits per heavy atom. The van der Waals surface area contributed by atoms with E-state index in [2.05, 4.69) is 5.32 Å². The molecule has 0 aromatic heterocycles. The molecule has 2 aromatic rings. The van der Waals surface area contributed by atoms with Gasteiger partial charge in [-0.1, -0.05) is 47.8 Å². The molecular formula is C20H18Cl2N2O2. The van der Waals surface area contributed by atoms with Gasteiger partial charge in [0, 0.05) is 5.69 Å². The predicted octanol–water partition coefficient (Wildman–Crippen LogP) is 5.64. The molecule has 0 aliphatic heterocycles. The number of halogens is 2. The van der Waals surface area contributed by atoms with Crippen molar-refractivity contribution in [1.82, 2.24) is 0 Å². The number of hydrogen-bond donors (Lipinski definition) is 1. The first-order valence-corrected chi connectivity index (χ1v) is 8.81. The second-order valence-corrected chi connectivity index (χ2v) is 6.47. The van der Waals surface area contributed by atoms with Crippen molar-refractivity contribution in [2.45, 2.75) is 20.3 Å². The zero-order valence-corrected chi connectivity index (χ0v) is 16.0. The van der Waals surface area contributed by atoms with Crippen LogP contribution in [0.25, 0.3) is 6.08 Å². The van der Waals surface area contributed by atoms with Crippen molar-refractivity contribution in [2.24, 2.45) is 0 Å². The minimum atomic E-state index is -0.505. The molecule has 0 bridgehead atoms. The smallest absolute Gasteiger partial charge is 0.266 e. The minimum absolute atomic E-state index is 0.0556. The summed E-state index contributed by atoms with van der Waals surface area (Å²) in [4.78, 5) is 12.3. The number of rotatable bonds is 6. The van der Waals surface area contributed by atoms with Gasteiger partial charge in [0.25, 0.3) is 5.91 Å². The van der Waals surface area contributed by atoms with Crippen LogP contribution in [0.15, 0.2) is 42.0 Å². The largest absolute Gasteiger partial charge is 0.490 e. The van der Waals surface area contributed by atoms with Crippen molar-refractivity contribution in [3.05, 3.63) is 63.1 Å². The summed E-state index contributed by atoms with van der Waals surface area (Å²) in [6, 6.07) is 12.4. The quantitative estimate of drug-likeness (QED) is 0.514. The minimum Gasteiger partial charge on any atom is -0.490 e. The lowest BCUT2D eigenvalue weighted by Crippen LogP contribution is -2.13. The molecule has 2 rings (SSSR count). The Hall–Kier alpha value is -2.48. The van der Waals surface area contributed by atoms with Crippen LogP contribution in [0.1, 0.15) is 24.5 Å². The van der Waals surface area contributed by atoms with E-state index in [1.54, 1.807) is 24.3 Å². The van der Waals surface area contributed by atoms with Gasteiger partial charge in [0.05, 0.1) is 16.7 Å². The van der Waals surface area contributed by atoms with Gasteiger partial charge in [-0.25, -0.2) is 0 Å². The summed E-state index contributed by atoms with van der Waals surface area (Å²) in [5.41, 5.74) is 2.18. The lowest BCUT2D eigenvalue weighted by atomic mass is 10.1. The third-order valence-corrected chi connectivity index (χ3v) is 4.02. The van der Waals surface area contributed by atoms with Crippen molar-refractivity contribution < 1.29 is 9.53 Å². The Kier molecular flexibility index (Phi) is 7.08. The molecule has 1 N–H and O–H groups in total. The van der Waals surface area contributed by atoms with Gasteiger partial charge >= 0.3 is 0 Å². The van der Waals surface area contributed by atoms with Gasteiger partial charge in [-0.15, -0.1) is 0 Å². The number of aryl methyl sites for hydroxylation is 1. The number of benzene rings is 2. The highest BCUT2D eigenvalue weighted by atomic mass is 35.5. The Morgan fingerprint density at radius 1 is 1.23 bits per heavy atom. The molecule has 0 spiro atoms. The lowest BCUT2D eigenvalue weighted by molar-refractivity contribution is -0.112. The number of hydrogen-bond acceptors (Lipinski definition) is 3. The highest BCUT2D eigenvalue weighted by molar-refractivity contribution is 6.37. The van der Waals surface area contributed by atoms with Crippen LogP contribution in [-0.2, 0) is 4.79 Å². The highest BCUT2D eigenvalue weighted by Crippen LogP contribution is 2.35. The third kappa shape index (κ3) is 5.26. The summed E-state index contributed by atoms with van der Waals surface area (Å²) >= 11 is 12.4. The van der Waals surface area contributed by atoms with Crippen LogP contribution >= 0.6 is 23.2 Å². The van der Waals surface area contributed by atoms with Crippen molar-refractivity contribution in [3.63, 3.8) is 0 Å². The van der Waals surface area contributed by atoms with Crippen LogP contribution in [0.4, 0.5) is 5.69 Å². The zero-order valence-electron chi connectivity index (χ0n) is 14.5. The van der Waals surface area contributed by atoms with Gasteiger partial charge in [0.1, 0.15) is 11.6 Å². The third-order valence-electron chi connectivity index (χ3n) is 3.46. The number of nitrogens with one attached hydrogen (secondary N) is 1. The van der Waals surface area contributed by atoms with E-state index in [1.807, 2.05) is 32.0 Å². The second kappa shape index (κ2) is 9.28. The first kappa shape index (κ1) is 19.8. The summed E-state index contributed by atoms with van der Waals surface area (Å²) in [5, 5.41) is 12.7. The number of carbonyl (C=O) groups excluding carboxylic acids is 1. The molecular weight excluding hydrogens is 371 g/mol. The number of ether oxygens (including phenoxy) is 1. The zero-order chi connectivity index (χ0) is 19.1. The molecule has 0 fully saturated rings. The number of amides is 1. The molecule has 0 unspecified atom stereocenters. The van der Waals surface area contributed by atoms with E-state index >= 15 is 0 Å². The molecule has 0 atom stereocenters. The first-order valence-electron chi connectivity index (χ1n) is 8.06. The maximum Gasteiger partial charge on any atom is 0.266 e. The second-order valence-electron chi connectivity index (χ2n) is 5.65. The number of anilines is 1. The van der Waals surface area contributed by atoms with E-state index in [-0.39, 0.29) is 5.57 Å². The molecule has 0 radical (unpaired) electrons. The summed E-state index contributed by atoms with van der Waals surface area (Å²) in [7, 11) is 0. The van der Waals surface area contributed by atoms with Crippen LogP contribution in [0.2, 0.25) is 10.0 Å². The molecule has 2 aromatic carbocycles. The maximum absolute atomic E-state index is 12.3. The average Bonchev–Trinajstić information content (AvgIpc) is 2.61. The number of nitrogens with zero attached hydrogens (tertiary/aromatic N) is 1. The molecule has 0 saturated heterocycles. The fraction of sp³-hybridized carbons (Fsp3) is 0.200. The van der Waals surface area contributed by atoms with Crippen LogP contribution in [0, 0.1) is 18.3 Å². The Morgan fingerprint density at radius 3 is 2.38 bits per heavy atom. The van der Waals surface area contributed by atoms with Gasteiger partial charge in [0.2, 0.25) is 0 Å². The average molecular weight is 389 g/mol. The van der Waals surface area contributed by atoms with E-state index in [9.17, 15) is 10.1 Å². The molecule has 1 amide bonds. The molecule has 0 aliphatic rings. The molecule has 6 heteroatoms. The van der Waals surface area contributed by atoms with Gasteiger partial charge in [-0.2, -0.15) is 5.26 Å². The van der Waals surface area contributed by atoms with E-state index in [0.717, 1.165) is 12.0 Å². The first-order chi connectivity index (χ1) is 12.4. The fourth-order valence-electron chi connectivity index (χ4n) is 2.16. The molecule has 134 valence electrons. The van der Waals surface area contributed by atoms with E-state index in [4.69, 9.17) is 27.9 Å². The summed E-state index contributed by atoms with van der Waals surface area (Å²) in [6.07, 6.45) is 2.26. The van der Waals surface area contributed by atoms with Gasteiger partial charge in [-0.3, -0.25) is 4.79 Å². The van der Waals surface area contributed by atoms with Crippen molar-refractivity contribution in [1.29, 1.82) is 5.26 Å².